The maximum absolute atomic E-state index is 12.5. The van der Waals surface area contributed by atoms with Gasteiger partial charge in [0.15, 0.2) is 0 Å². The van der Waals surface area contributed by atoms with E-state index in [-0.39, 0.29) is 6.03 Å². The zero-order valence-corrected chi connectivity index (χ0v) is 14.6. The average Bonchev–Trinajstić information content (AvgIpc) is 3.21. The van der Waals surface area contributed by atoms with Crippen molar-refractivity contribution in [3.05, 3.63) is 18.0 Å². The van der Waals surface area contributed by atoms with Gasteiger partial charge in [0, 0.05) is 51.5 Å². The lowest BCUT2D eigenvalue weighted by Gasteiger charge is -2.32. The molecule has 2 aliphatic rings. The SMILES string of the molecule is Cc1cnn(CCCNC(=O)N2CCCC2CN2CCOCC2)c1. The molecule has 0 bridgehead atoms. The van der Waals surface area contributed by atoms with E-state index in [1.807, 2.05) is 28.9 Å². The number of aryl methyl sites for hydroxylation is 2. The number of urea groups is 1. The third-order valence-electron chi connectivity index (χ3n) is 4.81. The van der Waals surface area contributed by atoms with Crippen molar-refractivity contribution in [2.24, 2.45) is 0 Å². The number of hydrogen-bond donors (Lipinski definition) is 1. The van der Waals surface area contributed by atoms with Crippen LogP contribution in [0.1, 0.15) is 24.8 Å². The molecule has 0 aromatic carbocycles. The highest BCUT2D eigenvalue weighted by Crippen LogP contribution is 2.18. The van der Waals surface area contributed by atoms with E-state index < -0.39 is 0 Å². The summed E-state index contributed by atoms with van der Waals surface area (Å²) in [6.07, 6.45) is 7.00. The Morgan fingerprint density at radius 1 is 1.38 bits per heavy atom. The van der Waals surface area contributed by atoms with Crippen molar-refractivity contribution < 1.29 is 9.53 Å². The second-order valence-electron chi connectivity index (χ2n) is 6.77. The molecule has 1 aromatic rings. The second kappa shape index (κ2) is 8.48. The number of morpholine rings is 1. The third-order valence-corrected chi connectivity index (χ3v) is 4.81. The van der Waals surface area contributed by atoms with Crippen LogP contribution in [0.5, 0.6) is 0 Å². The number of carbonyl (C=O) groups excluding carboxylic acids is 1. The van der Waals surface area contributed by atoms with Gasteiger partial charge in [0.25, 0.3) is 0 Å². The number of ether oxygens (including phenoxy) is 1. The first-order chi connectivity index (χ1) is 11.7. The Kier molecular flexibility index (Phi) is 6.09. The summed E-state index contributed by atoms with van der Waals surface area (Å²) in [6.45, 7) is 9.00. The topological polar surface area (TPSA) is 62.6 Å². The van der Waals surface area contributed by atoms with E-state index in [1.165, 1.54) is 5.56 Å². The van der Waals surface area contributed by atoms with Gasteiger partial charge in [0.1, 0.15) is 0 Å². The molecular weight excluding hydrogens is 306 g/mol. The first-order valence-corrected chi connectivity index (χ1v) is 9.06. The minimum atomic E-state index is 0.0856. The van der Waals surface area contributed by atoms with Gasteiger partial charge in [0.2, 0.25) is 0 Å². The lowest BCUT2D eigenvalue weighted by Crippen LogP contribution is -2.49. The minimum absolute atomic E-state index is 0.0856. The quantitative estimate of drug-likeness (QED) is 0.791. The minimum Gasteiger partial charge on any atom is -0.379 e. The van der Waals surface area contributed by atoms with Gasteiger partial charge >= 0.3 is 6.03 Å². The summed E-state index contributed by atoms with van der Waals surface area (Å²) < 4.78 is 7.33. The molecule has 7 heteroatoms. The molecule has 7 nitrogen and oxygen atoms in total. The Bertz CT molecular complexity index is 527. The largest absolute Gasteiger partial charge is 0.379 e. The molecule has 1 N–H and O–H groups in total. The summed E-state index contributed by atoms with van der Waals surface area (Å²) >= 11 is 0. The van der Waals surface area contributed by atoms with Crippen LogP contribution in [-0.4, -0.2) is 77.6 Å². The monoisotopic (exact) mass is 335 g/mol. The van der Waals surface area contributed by atoms with Crippen LogP contribution in [0, 0.1) is 6.92 Å². The lowest BCUT2D eigenvalue weighted by atomic mass is 10.2. The predicted octanol–water partition coefficient (Wildman–Crippen LogP) is 1.09. The Hall–Kier alpha value is -1.60. The summed E-state index contributed by atoms with van der Waals surface area (Å²) in [6, 6.07) is 0.430. The number of hydrogen-bond acceptors (Lipinski definition) is 4. The van der Waals surface area contributed by atoms with Crippen LogP contribution in [0.15, 0.2) is 12.4 Å². The molecule has 1 unspecified atom stereocenters. The fourth-order valence-electron chi connectivity index (χ4n) is 3.50. The molecule has 0 radical (unpaired) electrons. The molecule has 2 fully saturated rings. The highest BCUT2D eigenvalue weighted by atomic mass is 16.5. The van der Waals surface area contributed by atoms with Crippen molar-refractivity contribution in [1.82, 2.24) is 24.9 Å². The highest BCUT2D eigenvalue weighted by molar-refractivity contribution is 5.74. The van der Waals surface area contributed by atoms with E-state index >= 15 is 0 Å². The molecule has 3 rings (SSSR count). The van der Waals surface area contributed by atoms with Gasteiger partial charge in [-0.05, 0) is 31.7 Å². The summed E-state index contributed by atoms with van der Waals surface area (Å²) in [7, 11) is 0. The molecule has 2 saturated heterocycles. The lowest BCUT2D eigenvalue weighted by molar-refractivity contribution is 0.0292. The summed E-state index contributed by atoms with van der Waals surface area (Å²) in [4.78, 5) is 16.9. The van der Waals surface area contributed by atoms with Crippen LogP contribution >= 0.6 is 0 Å². The third kappa shape index (κ3) is 4.70. The maximum atomic E-state index is 12.5. The molecule has 1 atom stereocenters. The smallest absolute Gasteiger partial charge is 0.317 e. The van der Waals surface area contributed by atoms with Crippen molar-refractivity contribution in [1.29, 1.82) is 0 Å². The normalized spacial score (nSPS) is 22.0. The molecule has 1 aromatic heterocycles. The molecule has 24 heavy (non-hydrogen) atoms. The van der Waals surface area contributed by atoms with Crippen LogP contribution < -0.4 is 5.32 Å². The number of amides is 2. The van der Waals surface area contributed by atoms with Gasteiger partial charge in [-0.15, -0.1) is 0 Å². The Balaban J connectivity index is 1.38. The van der Waals surface area contributed by atoms with E-state index in [2.05, 4.69) is 15.3 Å². The number of aromatic nitrogens is 2. The number of rotatable bonds is 6. The van der Waals surface area contributed by atoms with Gasteiger partial charge < -0.3 is 15.0 Å². The molecular formula is C17H29N5O2. The average molecular weight is 335 g/mol. The summed E-state index contributed by atoms with van der Waals surface area (Å²) in [5.74, 6) is 0. The highest BCUT2D eigenvalue weighted by Gasteiger charge is 2.30. The Morgan fingerprint density at radius 2 is 2.21 bits per heavy atom. The fourth-order valence-corrected chi connectivity index (χ4v) is 3.50. The summed E-state index contributed by atoms with van der Waals surface area (Å²) in [5.41, 5.74) is 1.17. The van der Waals surface area contributed by atoms with Crippen LogP contribution in [0.2, 0.25) is 0 Å². The molecule has 3 heterocycles. The van der Waals surface area contributed by atoms with Crippen LogP contribution in [-0.2, 0) is 11.3 Å². The van der Waals surface area contributed by atoms with Crippen molar-refractivity contribution in [2.75, 3.05) is 45.9 Å². The van der Waals surface area contributed by atoms with E-state index in [9.17, 15) is 4.79 Å². The van der Waals surface area contributed by atoms with Crippen molar-refractivity contribution in [3.63, 3.8) is 0 Å². The maximum Gasteiger partial charge on any atom is 0.317 e. The zero-order chi connectivity index (χ0) is 16.8. The molecule has 134 valence electrons. The molecule has 0 aliphatic carbocycles. The zero-order valence-electron chi connectivity index (χ0n) is 14.6. The first kappa shape index (κ1) is 17.2. The first-order valence-electron chi connectivity index (χ1n) is 9.06. The van der Waals surface area contributed by atoms with Crippen LogP contribution in [0.3, 0.4) is 0 Å². The second-order valence-corrected chi connectivity index (χ2v) is 6.77. The Labute approximate surface area is 143 Å². The molecule has 2 amide bonds. The van der Waals surface area contributed by atoms with Gasteiger partial charge in [-0.1, -0.05) is 0 Å². The van der Waals surface area contributed by atoms with Crippen LogP contribution in [0.25, 0.3) is 0 Å². The van der Waals surface area contributed by atoms with Gasteiger partial charge in [-0.3, -0.25) is 9.58 Å². The molecule has 0 saturated carbocycles. The Morgan fingerprint density at radius 3 is 2.96 bits per heavy atom. The van der Waals surface area contributed by atoms with E-state index in [1.54, 1.807) is 0 Å². The van der Waals surface area contributed by atoms with Crippen molar-refractivity contribution in [2.45, 2.75) is 38.8 Å². The van der Waals surface area contributed by atoms with Gasteiger partial charge in [-0.25, -0.2) is 4.79 Å². The number of carbonyl (C=O) groups is 1. The fraction of sp³-hybridized carbons (Fsp3) is 0.765. The number of nitrogens with one attached hydrogen (secondary N) is 1. The van der Waals surface area contributed by atoms with Gasteiger partial charge in [-0.2, -0.15) is 5.10 Å². The number of nitrogens with zero attached hydrogens (tertiary/aromatic N) is 4. The van der Waals surface area contributed by atoms with E-state index in [0.29, 0.717) is 12.6 Å². The van der Waals surface area contributed by atoms with E-state index in [0.717, 1.165) is 65.2 Å². The van der Waals surface area contributed by atoms with E-state index in [4.69, 9.17) is 4.74 Å². The van der Waals surface area contributed by atoms with Gasteiger partial charge in [0.05, 0.1) is 19.4 Å². The molecule has 2 aliphatic heterocycles. The standard InChI is InChI=1S/C17H29N5O2/c1-15-12-19-21(13-15)6-3-5-18-17(23)22-7-2-4-16(22)14-20-8-10-24-11-9-20/h12-13,16H,2-11,14H2,1H3,(H,18,23). The predicted molar refractivity (Wildman–Crippen MR) is 92.0 cm³/mol. The van der Waals surface area contributed by atoms with Crippen LogP contribution in [0.4, 0.5) is 4.79 Å². The van der Waals surface area contributed by atoms with Crippen molar-refractivity contribution in [3.8, 4) is 0 Å². The van der Waals surface area contributed by atoms with Crippen molar-refractivity contribution >= 4 is 6.03 Å². The summed E-state index contributed by atoms with van der Waals surface area (Å²) in [5, 5.41) is 7.34. The number of likely N-dealkylation sites (tertiary alicyclic amines) is 1. The molecule has 0 spiro atoms.